The topological polar surface area (TPSA) is 41.1 Å². The number of thioether (sulfide) groups is 1. The maximum atomic E-state index is 12.5. The summed E-state index contributed by atoms with van der Waals surface area (Å²) >= 11 is 1.74. The van der Waals surface area contributed by atoms with Crippen LogP contribution in [-0.4, -0.2) is 29.8 Å². The Morgan fingerprint density at radius 2 is 2.15 bits per heavy atom. The van der Waals surface area contributed by atoms with E-state index < -0.39 is 0 Å². The van der Waals surface area contributed by atoms with Crippen LogP contribution in [0.1, 0.15) is 44.0 Å². The van der Waals surface area contributed by atoms with Gasteiger partial charge in [-0.2, -0.15) is 0 Å². The Morgan fingerprint density at radius 3 is 2.85 bits per heavy atom. The highest BCUT2D eigenvalue weighted by Crippen LogP contribution is 2.26. The van der Waals surface area contributed by atoms with Crippen molar-refractivity contribution in [1.29, 1.82) is 0 Å². The van der Waals surface area contributed by atoms with E-state index in [-0.39, 0.29) is 11.9 Å². The summed E-state index contributed by atoms with van der Waals surface area (Å²) in [5, 5.41) is 7.07. The van der Waals surface area contributed by atoms with Crippen LogP contribution >= 0.6 is 11.8 Å². The first-order chi connectivity index (χ1) is 9.58. The average Bonchev–Trinajstić information content (AvgIpc) is 2.41. The Kier molecular flexibility index (Phi) is 5.49. The lowest BCUT2D eigenvalue weighted by Gasteiger charge is -2.30. The summed E-state index contributed by atoms with van der Waals surface area (Å²) in [5.74, 6) is 0.0503. The first-order valence-electron chi connectivity index (χ1n) is 7.38. The van der Waals surface area contributed by atoms with Gasteiger partial charge in [-0.3, -0.25) is 4.79 Å². The molecule has 2 N–H and O–H groups in total. The molecule has 1 aliphatic rings. The van der Waals surface area contributed by atoms with Crippen LogP contribution in [0, 0.1) is 0 Å². The Bertz CT molecular complexity index is 462. The van der Waals surface area contributed by atoms with Gasteiger partial charge in [-0.1, -0.05) is 26.0 Å². The number of rotatable bonds is 4. The van der Waals surface area contributed by atoms with Gasteiger partial charge in [0.1, 0.15) is 0 Å². The molecule has 0 aromatic heterocycles. The Balaban J connectivity index is 2.08. The molecule has 20 heavy (non-hydrogen) atoms. The van der Waals surface area contributed by atoms with Crippen LogP contribution in [0.5, 0.6) is 0 Å². The molecule has 110 valence electrons. The molecule has 1 aliphatic heterocycles. The van der Waals surface area contributed by atoms with Crippen LogP contribution in [0.25, 0.3) is 0 Å². The summed E-state index contributed by atoms with van der Waals surface area (Å²) < 4.78 is 0. The fraction of sp³-hybridized carbons (Fsp3) is 0.562. The average molecular weight is 292 g/mol. The van der Waals surface area contributed by atoms with Gasteiger partial charge in [-0.15, -0.1) is 11.8 Å². The molecule has 2 unspecified atom stereocenters. The minimum atomic E-state index is 0.0503. The normalized spacial score (nSPS) is 22.8. The van der Waals surface area contributed by atoms with Crippen LogP contribution in [0.15, 0.2) is 29.2 Å². The lowest BCUT2D eigenvalue weighted by Crippen LogP contribution is -2.51. The maximum Gasteiger partial charge on any atom is 0.252 e. The van der Waals surface area contributed by atoms with E-state index in [1.807, 2.05) is 24.3 Å². The largest absolute Gasteiger partial charge is 0.348 e. The summed E-state index contributed by atoms with van der Waals surface area (Å²) in [6, 6.07) is 8.45. The van der Waals surface area contributed by atoms with Crippen LogP contribution in [0.2, 0.25) is 0 Å². The van der Waals surface area contributed by atoms with Crippen molar-refractivity contribution in [2.45, 2.75) is 55.8 Å². The SMILES string of the molecule is CC(C)Sc1ccccc1C(=O)NC1CCCNC1C. The summed E-state index contributed by atoms with van der Waals surface area (Å²) in [7, 11) is 0. The van der Waals surface area contributed by atoms with Crippen molar-refractivity contribution in [2.75, 3.05) is 6.54 Å². The molecule has 0 bridgehead atoms. The fourth-order valence-electron chi connectivity index (χ4n) is 2.50. The summed E-state index contributed by atoms with van der Waals surface area (Å²) in [4.78, 5) is 13.6. The standard InChI is InChI=1S/C16H24N2OS/c1-11(2)20-15-9-5-4-7-13(15)16(19)18-14-8-6-10-17-12(14)3/h4-5,7,9,11-12,14,17H,6,8,10H2,1-3H3,(H,18,19). The molecule has 0 radical (unpaired) electrons. The smallest absolute Gasteiger partial charge is 0.252 e. The first kappa shape index (κ1) is 15.4. The minimum absolute atomic E-state index is 0.0503. The second-order valence-electron chi connectivity index (χ2n) is 5.63. The zero-order valence-corrected chi connectivity index (χ0v) is 13.3. The van der Waals surface area contributed by atoms with Gasteiger partial charge >= 0.3 is 0 Å². The van der Waals surface area contributed by atoms with Crippen molar-refractivity contribution in [3.63, 3.8) is 0 Å². The maximum absolute atomic E-state index is 12.5. The number of carbonyl (C=O) groups excluding carboxylic acids is 1. The predicted molar refractivity (Wildman–Crippen MR) is 85.4 cm³/mol. The number of benzene rings is 1. The highest BCUT2D eigenvalue weighted by atomic mass is 32.2. The molecule has 2 rings (SSSR count). The summed E-state index contributed by atoms with van der Waals surface area (Å²) in [6.45, 7) is 7.48. The van der Waals surface area contributed by atoms with Crippen LogP contribution in [0.3, 0.4) is 0 Å². The van der Waals surface area contributed by atoms with Crippen molar-refractivity contribution in [3.05, 3.63) is 29.8 Å². The summed E-state index contributed by atoms with van der Waals surface area (Å²) in [6.07, 6.45) is 2.18. The van der Waals surface area contributed by atoms with E-state index in [4.69, 9.17) is 0 Å². The molecule has 2 atom stereocenters. The third-order valence-corrected chi connectivity index (χ3v) is 4.65. The van der Waals surface area contributed by atoms with E-state index in [0.717, 1.165) is 29.8 Å². The third kappa shape index (κ3) is 4.00. The highest BCUT2D eigenvalue weighted by molar-refractivity contribution is 8.00. The van der Waals surface area contributed by atoms with Gasteiger partial charge in [0, 0.05) is 22.2 Å². The molecule has 1 heterocycles. The number of amides is 1. The molecule has 1 aromatic rings. The second-order valence-corrected chi connectivity index (χ2v) is 7.25. The van der Waals surface area contributed by atoms with Crippen molar-refractivity contribution >= 4 is 17.7 Å². The molecular formula is C16H24N2OS. The molecular weight excluding hydrogens is 268 g/mol. The van der Waals surface area contributed by atoms with E-state index in [0.29, 0.717) is 11.3 Å². The Morgan fingerprint density at radius 1 is 1.40 bits per heavy atom. The second kappa shape index (κ2) is 7.14. The van der Waals surface area contributed by atoms with Crippen LogP contribution in [-0.2, 0) is 0 Å². The summed E-state index contributed by atoms with van der Waals surface area (Å²) in [5.41, 5.74) is 0.795. The minimum Gasteiger partial charge on any atom is -0.348 e. The monoisotopic (exact) mass is 292 g/mol. The molecule has 0 saturated carbocycles. The number of hydrogen-bond donors (Lipinski definition) is 2. The van der Waals surface area contributed by atoms with E-state index in [1.54, 1.807) is 11.8 Å². The van der Waals surface area contributed by atoms with Gasteiger partial charge in [0.25, 0.3) is 5.91 Å². The first-order valence-corrected chi connectivity index (χ1v) is 8.26. The van der Waals surface area contributed by atoms with Crippen LogP contribution in [0.4, 0.5) is 0 Å². The van der Waals surface area contributed by atoms with E-state index in [1.165, 1.54) is 0 Å². The van der Waals surface area contributed by atoms with Gasteiger partial charge in [-0.05, 0) is 38.4 Å². The van der Waals surface area contributed by atoms with Crippen molar-refractivity contribution < 1.29 is 4.79 Å². The quantitative estimate of drug-likeness (QED) is 0.838. The van der Waals surface area contributed by atoms with E-state index in [2.05, 4.69) is 31.4 Å². The number of carbonyl (C=O) groups is 1. The molecule has 0 aliphatic carbocycles. The molecule has 1 saturated heterocycles. The highest BCUT2D eigenvalue weighted by Gasteiger charge is 2.23. The predicted octanol–water partition coefficient (Wildman–Crippen LogP) is 3.06. The van der Waals surface area contributed by atoms with Crippen molar-refractivity contribution in [2.24, 2.45) is 0 Å². The van der Waals surface area contributed by atoms with E-state index in [9.17, 15) is 4.79 Å². The fourth-order valence-corrected chi connectivity index (χ4v) is 3.45. The molecule has 1 fully saturated rings. The van der Waals surface area contributed by atoms with Gasteiger partial charge in [0.05, 0.1) is 5.56 Å². The Hall–Kier alpha value is -1.00. The number of piperidine rings is 1. The zero-order chi connectivity index (χ0) is 14.5. The number of hydrogen-bond acceptors (Lipinski definition) is 3. The Labute approximate surface area is 125 Å². The van der Waals surface area contributed by atoms with Gasteiger partial charge < -0.3 is 10.6 Å². The van der Waals surface area contributed by atoms with Crippen molar-refractivity contribution in [3.8, 4) is 0 Å². The molecule has 0 spiro atoms. The van der Waals surface area contributed by atoms with Gasteiger partial charge in [0.2, 0.25) is 0 Å². The molecule has 4 heteroatoms. The number of nitrogens with one attached hydrogen (secondary N) is 2. The van der Waals surface area contributed by atoms with E-state index >= 15 is 0 Å². The lowest BCUT2D eigenvalue weighted by molar-refractivity contribution is 0.0917. The van der Waals surface area contributed by atoms with Crippen LogP contribution < -0.4 is 10.6 Å². The van der Waals surface area contributed by atoms with Gasteiger partial charge in [-0.25, -0.2) is 0 Å². The molecule has 3 nitrogen and oxygen atoms in total. The molecule has 1 amide bonds. The third-order valence-electron chi connectivity index (χ3n) is 3.57. The molecule has 1 aromatic carbocycles. The lowest BCUT2D eigenvalue weighted by atomic mass is 9.99. The zero-order valence-electron chi connectivity index (χ0n) is 12.5. The van der Waals surface area contributed by atoms with Gasteiger partial charge in [0.15, 0.2) is 0 Å². The van der Waals surface area contributed by atoms with Crippen molar-refractivity contribution in [1.82, 2.24) is 10.6 Å².